The first-order chi connectivity index (χ1) is 18.0. The quantitative estimate of drug-likeness (QED) is 0.150. The van der Waals surface area contributed by atoms with E-state index in [-0.39, 0.29) is 29.3 Å². The third kappa shape index (κ3) is 5.30. The molecule has 1 aromatic heterocycles. The van der Waals surface area contributed by atoms with Crippen molar-refractivity contribution in [2.45, 2.75) is 23.9 Å². The third-order valence-corrected chi connectivity index (χ3v) is 8.09. The number of hydrogen-bond donors (Lipinski definition) is 2. The molecule has 10 heteroatoms. The molecule has 2 aromatic carbocycles. The van der Waals surface area contributed by atoms with Gasteiger partial charge >= 0.3 is 5.97 Å². The molecule has 2 N–H and O–H groups in total. The lowest BCUT2D eigenvalue weighted by atomic mass is 9.99. The Labute approximate surface area is 221 Å². The molecular weight excluding hydrogens is 510 g/mol. The Bertz CT molecular complexity index is 1360. The number of ether oxygens (including phenoxy) is 1. The van der Waals surface area contributed by atoms with Crippen molar-refractivity contribution < 1.29 is 24.3 Å². The highest BCUT2D eigenvalue weighted by Crippen LogP contribution is 2.39. The van der Waals surface area contributed by atoms with E-state index in [1.165, 1.54) is 34.2 Å². The fourth-order valence-electron chi connectivity index (χ4n) is 4.32. The van der Waals surface area contributed by atoms with Gasteiger partial charge in [0.05, 0.1) is 12.6 Å². The first-order valence-electron chi connectivity index (χ1n) is 11.5. The van der Waals surface area contributed by atoms with E-state index in [1.807, 2.05) is 53.9 Å². The minimum absolute atomic E-state index is 0.173. The van der Waals surface area contributed by atoms with E-state index in [0.717, 1.165) is 10.4 Å². The zero-order chi connectivity index (χ0) is 25.8. The standard InChI is InChI=1S/C27H23N3O5S2/c31-22(15-20-10-5-12-36-20)29-23-25(32)30-21(11-13-37-26(23)30)27(33)35-24(18-7-2-1-3-8-18)19-9-4-6-17(14-19)16-28-34/h1-12,14,16,23-24,26,34H,13,15H2,(H,29,31)/t23-,24?,26+/m1/s1. The number of carbonyl (C=O) groups excluding carboxylic acids is 3. The summed E-state index contributed by atoms with van der Waals surface area (Å²) in [5, 5.41) is 16.3. The van der Waals surface area contributed by atoms with Crippen LogP contribution >= 0.6 is 23.1 Å². The largest absolute Gasteiger partial charge is 0.448 e. The number of esters is 1. The molecule has 188 valence electrons. The molecule has 2 aliphatic rings. The maximum atomic E-state index is 13.4. The molecule has 3 heterocycles. The van der Waals surface area contributed by atoms with Crippen LogP contribution in [-0.2, 0) is 25.5 Å². The summed E-state index contributed by atoms with van der Waals surface area (Å²) < 4.78 is 5.98. The molecule has 2 amide bonds. The Kier molecular flexibility index (Phi) is 7.38. The number of hydrogen-bond acceptors (Lipinski definition) is 8. The topological polar surface area (TPSA) is 108 Å². The highest BCUT2D eigenvalue weighted by molar-refractivity contribution is 8.00. The molecule has 5 rings (SSSR count). The zero-order valence-corrected chi connectivity index (χ0v) is 21.2. The van der Waals surface area contributed by atoms with Crippen molar-refractivity contribution in [3.05, 3.63) is 105 Å². The highest BCUT2D eigenvalue weighted by Gasteiger charge is 2.53. The van der Waals surface area contributed by atoms with Gasteiger partial charge in [-0.05, 0) is 40.3 Å². The van der Waals surface area contributed by atoms with E-state index in [9.17, 15) is 14.4 Å². The molecule has 0 saturated carbocycles. The van der Waals surface area contributed by atoms with Crippen LogP contribution in [0.4, 0.5) is 0 Å². The summed E-state index contributed by atoms with van der Waals surface area (Å²) in [5.74, 6) is -0.682. The number of oxime groups is 1. The van der Waals surface area contributed by atoms with Crippen LogP contribution in [0.5, 0.6) is 0 Å². The second kappa shape index (κ2) is 11.0. The lowest BCUT2D eigenvalue weighted by Gasteiger charge is -2.48. The Morgan fingerprint density at radius 1 is 1.14 bits per heavy atom. The van der Waals surface area contributed by atoms with Crippen molar-refractivity contribution in [3.8, 4) is 0 Å². The fourth-order valence-corrected chi connectivity index (χ4v) is 6.22. The predicted molar refractivity (Wildman–Crippen MR) is 141 cm³/mol. The number of fused-ring (bicyclic) bond motifs is 1. The Balaban J connectivity index is 1.32. The second-order valence-corrected chi connectivity index (χ2v) is 10.6. The summed E-state index contributed by atoms with van der Waals surface area (Å²) in [7, 11) is 0. The van der Waals surface area contributed by atoms with Gasteiger partial charge in [0.15, 0.2) is 6.10 Å². The third-order valence-electron chi connectivity index (χ3n) is 6.03. The average Bonchev–Trinajstić information content (AvgIpc) is 3.43. The molecule has 1 fully saturated rings. The number of thioether (sulfide) groups is 1. The number of β-lactam (4-membered cyclic amide) rings is 1. The van der Waals surface area contributed by atoms with Crippen molar-refractivity contribution >= 4 is 47.1 Å². The lowest BCUT2D eigenvalue weighted by Crippen LogP contribution is -2.70. The van der Waals surface area contributed by atoms with Crippen molar-refractivity contribution in [1.82, 2.24) is 10.2 Å². The monoisotopic (exact) mass is 533 g/mol. The van der Waals surface area contributed by atoms with Crippen LogP contribution in [0.15, 0.2) is 89.0 Å². The van der Waals surface area contributed by atoms with Gasteiger partial charge in [-0.25, -0.2) is 4.79 Å². The summed E-state index contributed by atoms with van der Waals surface area (Å²) in [6.45, 7) is 0. The minimum Gasteiger partial charge on any atom is -0.448 e. The molecule has 0 spiro atoms. The van der Waals surface area contributed by atoms with Gasteiger partial charge < -0.3 is 15.3 Å². The lowest BCUT2D eigenvalue weighted by molar-refractivity contribution is -0.154. The number of amides is 2. The number of benzene rings is 2. The van der Waals surface area contributed by atoms with Crippen molar-refractivity contribution in [2.24, 2.45) is 5.16 Å². The van der Waals surface area contributed by atoms with E-state index >= 15 is 0 Å². The predicted octanol–water partition coefficient (Wildman–Crippen LogP) is 3.72. The van der Waals surface area contributed by atoms with Crippen molar-refractivity contribution in [2.75, 3.05) is 5.75 Å². The molecule has 1 saturated heterocycles. The van der Waals surface area contributed by atoms with Crippen LogP contribution in [0.2, 0.25) is 0 Å². The van der Waals surface area contributed by atoms with Gasteiger partial charge in [0, 0.05) is 10.6 Å². The van der Waals surface area contributed by atoms with Crippen LogP contribution in [0.3, 0.4) is 0 Å². The molecule has 37 heavy (non-hydrogen) atoms. The molecular formula is C27H23N3O5S2. The first kappa shape index (κ1) is 24.8. The molecule has 0 aliphatic carbocycles. The van der Waals surface area contributed by atoms with E-state index in [4.69, 9.17) is 9.94 Å². The molecule has 2 aliphatic heterocycles. The Hall–Kier alpha value is -3.89. The van der Waals surface area contributed by atoms with Gasteiger partial charge in [-0.15, -0.1) is 23.1 Å². The molecule has 0 bridgehead atoms. The molecule has 8 nitrogen and oxygen atoms in total. The van der Waals surface area contributed by atoms with Crippen LogP contribution in [-0.4, -0.2) is 51.3 Å². The van der Waals surface area contributed by atoms with Gasteiger partial charge in [0.25, 0.3) is 5.91 Å². The van der Waals surface area contributed by atoms with Crippen LogP contribution in [0.1, 0.15) is 27.7 Å². The maximum Gasteiger partial charge on any atom is 0.355 e. The zero-order valence-electron chi connectivity index (χ0n) is 19.5. The molecule has 0 radical (unpaired) electrons. The summed E-state index contributed by atoms with van der Waals surface area (Å²) in [5.41, 5.74) is 2.26. The number of thiophene rings is 1. The fraction of sp³-hybridized carbons (Fsp3) is 0.185. The smallest absolute Gasteiger partial charge is 0.355 e. The van der Waals surface area contributed by atoms with Crippen LogP contribution < -0.4 is 5.32 Å². The SMILES string of the molecule is O=C(Cc1cccs1)N[C@@H]1C(=O)N2C(C(=O)OC(c3ccccc3)c3cccc(C=NO)c3)=CCS[C@@H]12. The summed E-state index contributed by atoms with van der Waals surface area (Å²) in [6.07, 6.45) is 2.45. The van der Waals surface area contributed by atoms with Crippen LogP contribution in [0, 0.1) is 0 Å². The van der Waals surface area contributed by atoms with Gasteiger partial charge in [-0.3, -0.25) is 14.5 Å². The number of nitrogens with one attached hydrogen (secondary N) is 1. The van der Waals surface area contributed by atoms with Crippen molar-refractivity contribution in [1.29, 1.82) is 0 Å². The Morgan fingerprint density at radius 2 is 1.95 bits per heavy atom. The second-order valence-electron chi connectivity index (χ2n) is 8.43. The summed E-state index contributed by atoms with van der Waals surface area (Å²) >= 11 is 2.97. The van der Waals surface area contributed by atoms with E-state index in [0.29, 0.717) is 16.9 Å². The van der Waals surface area contributed by atoms with E-state index in [2.05, 4.69) is 10.5 Å². The Morgan fingerprint density at radius 3 is 2.70 bits per heavy atom. The maximum absolute atomic E-state index is 13.4. The summed E-state index contributed by atoms with van der Waals surface area (Å²) in [6, 6.07) is 19.5. The van der Waals surface area contributed by atoms with E-state index in [1.54, 1.807) is 24.3 Å². The van der Waals surface area contributed by atoms with Crippen LogP contribution in [0.25, 0.3) is 0 Å². The molecule has 3 aromatic rings. The normalized spacial score (nSPS) is 19.5. The number of nitrogens with zero attached hydrogens (tertiary/aromatic N) is 2. The first-order valence-corrected chi connectivity index (χ1v) is 13.5. The highest BCUT2D eigenvalue weighted by atomic mass is 32.2. The average molecular weight is 534 g/mol. The minimum atomic E-state index is -0.743. The van der Waals surface area contributed by atoms with Crippen molar-refractivity contribution in [3.63, 3.8) is 0 Å². The van der Waals surface area contributed by atoms with Gasteiger partial charge in [-0.1, -0.05) is 59.8 Å². The molecule has 3 atom stereocenters. The molecule has 1 unspecified atom stereocenters. The summed E-state index contributed by atoms with van der Waals surface area (Å²) in [4.78, 5) is 41.2. The van der Waals surface area contributed by atoms with Gasteiger partial charge in [0.2, 0.25) is 5.91 Å². The van der Waals surface area contributed by atoms with Gasteiger partial charge in [-0.2, -0.15) is 0 Å². The number of carbonyl (C=O) groups is 3. The van der Waals surface area contributed by atoms with Gasteiger partial charge in [0.1, 0.15) is 17.1 Å². The van der Waals surface area contributed by atoms with E-state index < -0.39 is 18.1 Å². The number of rotatable bonds is 8.